The van der Waals surface area contributed by atoms with Gasteiger partial charge in [-0.2, -0.15) is 0 Å². The summed E-state index contributed by atoms with van der Waals surface area (Å²) in [5, 5.41) is 2.51. The van der Waals surface area contributed by atoms with E-state index in [9.17, 15) is 0 Å². The van der Waals surface area contributed by atoms with Gasteiger partial charge in [0.2, 0.25) is 0 Å². The average molecular weight is 263 g/mol. The summed E-state index contributed by atoms with van der Waals surface area (Å²) >= 11 is 0. The Bertz CT molecular complexity index is 714. The van der Waals surface area contributed by atoms with Crippen molar-refractivity contribution in [3.63, 3.8) is 0 Å². The minimum atomic E-state index is 0.875. The number of benzene rings is 3. The zero-order valence-electron chi connectivity index (χ0n) is 11.7. The molecule has 2 heteroatoms. The summed E-state index contributed by atoms with van der Waals surface area (Å²) in [7, 11) is 3.77. The van der Waals surface area contributed by atoms with Gasteiger partial charge in [-0.05, 0) is 35.7 Å². The maximum Gasteiger partial charge on any atom is 0.119 e. The topological polar surface area (TPSA) is 12.5 Å². The van der Waals surface area contributed by atoms with Crippen LogP contribution in [-0.2, 0) is 0 Å². The molecule has 0 atom stereocenters. The molecule has 3 rings (SSSR count). The molecular formula is C18H17NO. The van der Waals surface area contributed by atoms with Crippen LogP contribution in [0.25, 0.3) is 10.8 Å². The van der Waals surface area contributed by atoms with Crippen LogP contribution in [0.2, 0.25) is 0 Å². The Labute approximate surface area is 119 Å². The van der Waals surface area contributed by atoms with Crippen molar-refractivity contribution in [3.05, 3.63) is 66.7 Å². The molecule has 100 valence electrons. The van der Waals surface area contributed by atoms with Crippen molar-refractivity contribution in [2.75, 3.05) is 19.1 Å². The van der Waals surface area contributed by atoms with E-state index in [0.29, 0.717) is 0 Å². The van der Waals surface area contributed by atoms with Crippen LogP contribution in [0.1, 0.15) is 0 Å². The van der Waals surface area contributed by atoms with Crippen molar-refractivity contribution in [3.8, 4) is 5.75 Å². The Kier molecular flexibility index (Phi) is 3.30. The van der Waals surface area contributed by atoms with E-state index in [1.54, 1.807) is 7.11 Å². The molecule has 0 amide bonds. The van der Waals surface area contributed by atoms with Gasteiger partial charge in [-0.3, -0.25) is 0 Å². The van der Waals surface area contributed by atoms with Crippen molar-refractivity contribution in [1.82, 2.24) is 0 Å². The monoisotopic (exact) mass is 263 g/mol. The van der Waals surface area contributed by atoms with Gasteiger partial charge < -0.3 is 9.64 Å². The average Bonchev–Trinajstić information content (AvgIpc) is 2.54. The first-order valence-corrected chi connectivity index (χ1v) is 6.65. The van der Waals surface area contributed by atoms with E-state index in [4.69, 9.17) is 4.74 Å². The van der Waals surface area contributed by atoms with E-state index in [-0.39, 0.29) is 0 Å². The lowest BCUT2D eigenvalue weighted by Crippen LogP contribution is -2.09. The van der Waals surface area contributed by atoms with Gasteiger partial charge in [0, 0.05) is 23.8 Å². The summed E-state index contributed by atoms with van der Waals surface area (Å²) in [6.07, 6.45) is 0. The summed E-state index contributed by atoms with van der Waals surface area (Å²) in [6.45, 7) is 0. The highest BCUT2D eigenvalue weighted by Gasteiger charge is 2.07. The summed E-state index contributed by atoms with van der Waals surface area (Å²) in [6, 6.07) is 22.9. The van der Waals surface area contributed by atoms with Gasteiger partial charge in [0.25, 0.3) is 0 Å². The van der Waals surface area contributed by atoms with Crippen LogP contribution in [0.5, 0.6) is 5.75 Å². The normalized spacial score (nSPS) is 10.5. The number of hydrogen-bond donors (Lipinski definition) is 0. The number of nitrogens with zero attached hydrogens (tertiary/aromatic N) is 1. The molecule has 0 aliphatic heterocycles. The molecule has 0 aromatic heterocycles. The van der Waals surface area contributed by atoms with E-state index in [0.717, 1.165) is 11.4 Å². The van der Waals surface area contributed by atoms with Crippen LogP contribution in [-0.4, -0.2) is 14.2 Å². The molecular weight excluding hydrogens is 246 g/mol. The molecule has 0 heterocycles. The van der Waals surface area contributed by atoms with E-state index in [1.807, 2.05) is 12.1 Å². The van der Waals surface area contributed by atoms with Crippen molar-refractivity contribution < 1.29 is 4.74 Å². The zero-order valence-corrected chi connectivity index (χ0v) is 11.7. The second-order valence-corrected chi connectivity index (χ2v) is 4.76. The van der Waals surface area contributed by atoms with E-state index < -0.39 is 0 Å². The van der Waals surface area contributed by atoms with E-state index in [1.165, 1.54) is 16.5 Å². The van der Waals surface area contributed by atoms with Crippen molar-refractivity contribution in [2.24, 2.45) is 0 Å². The third-order valence-electron chi connectivity index (χ3n) is 3.59. The summed E-state index contributed by atoms with van der Waals surface area (Å²) in [5.41, 5.74) is 2.34. The molecule has 2 nitrogen and oxygen atoms in total. The van der Waals surface area contributed by atoms with Crippen molar-refractivity contribution >= 4 is 22.1 Å². The van der Waals surface area contributed by atoms with Gasteiger partial charge in [0.1, 0.15) is 5.75 Å². The van der Waals surface area contributed by atoms with Crippen LogP contribution in [0.3, 0.4) is 0 Å². The van der Waals surface area contributed by atoms with Gasteiger partial charge in [-0.1, -0.05) is 36.4 Å². The Morgan fingerprint density at radius 1 is 0.800 bits per heavy atom. The number of rotatable bonds is 3. The molecule has 0 aliphatic rings. The number of ether oxygens (including phenoxy) is 1. The molecule has 0 fully saturated rings. The molecule has 20 heavy (non-hydrogen) atoms. The van der Waals surface area contributed by atoms with Gasteiger partial charge in [-0.25, -0.2) is 0 Å². The van der Waals surface area contributed by atoms with Crippen LogP contribution in [0, 0.1) is 0 Å². The maximum absolute atomic E-state index is 5.21. The quantitative estimate of drug-likeness (QED) is 0.684. The van der Waals surface area contributed by atoms with Crippen LogP contribution >= 0.6 is 0 Å². The van der Waals surface area contributed by atoms with Gasteiger partial charge in [-0.15, -0.1) is 0 Å². The molecule has 0 N–H and O–H groups in total. The molecule has 0 bridgehead atoms. The molecule has 0 saturated carbocycles. The van der Waals surface area contributed by atoms with Crippen LogP contribution in [0.4, 0.5) is 11.4 Å². The minimum absolute atomic E-state index is 0.875. The Morgan fingerprint density at radius 3 is 2.25 bits per heavy atom. The van der Waals surface area contributed by atoms with E-state index >= 15 is 0 Å². The molecule has 3 aromatic carbocycles. The maximum atomic E-state index is 5.21. The Morgan fingerprint density at radius 2 is 1.50 bits per heavy atom. The smallest absolute Gasteiger partial charge is 0.119 e. The molecule has 0 radical (unpaired) electrons. The molecule has 0 spiro atoms. The van der Waals surface area contributed by atoms with Gasteiger partial charge in [0.15, 0.2) is 0 Å². The van der Waals surface area contributed by atoms with Gasteiger partial charge >= 0.3 is 0 Å². The first-order valence-electron chi connectivity index (χ1n) is 6.65. The summed E-state index contributed by atoms with van der Waals surface area (Å²) in [4.78, 5) is 2.20. The Balaban J connectivity index is 2.05. The SMILES string of the molecule is COc1ccc(N(C)c2cccc3ccccc23)cc1. The summed E-state index contributed by atoms with van der Waals surface area (Å²) in [5.74, 6) is 0.875. The lowest BCUT2D eigenvalue weighted by Gasteiger charge is -2.21. The fourth-order valence-electron chi connectivity index (χ4n) is 2.45. The highest BCUT2D eigenvalue weighted by molar-refractivity contribution is 5.95. The number of hydrogen-bond acceptors (Lipinski definition) is 2. The fraction of sp³-hybridized carbons (Fsp3) is 0.111. The van der Waals surface area contributed by atoms with Crippen molar-refractivity contribution in [2.45, 2.75) is 0 Å². The van der Waals surface area contributed by atoms with Crippen molar-refractivity contribution in [1.29, 1.82) is 0 Å². The third-order valence-corrected chi connectivity index (χ3v) is 3.59. The fourth-order valence-corrected chi connectivity index (χ4v) is 2.45. The minimum Gasteiger partial charge on any atom is -0.497 e. The standard InChI is InChI=1S/C18H17NO/c1-19(15-10-12-16(20-2)13-11-15)18-9-5-7-14-6-3-4-8-17(14)18/h3-13H,1-2H3. The predicted octanol–water partition coefficient (Wildman–Crippen LogP) is 4.62. The highest BCUT2D eigenvalue weighted by Crippen LogP contribution is 2.31. The first-order chi connectivity index (χ1) is 9.79. The highest BCUT2D eigenvalue weighted by atomic mass is 16.5. The molecule has 3 aromatic rings. The number of anilines is 2. The lowest BCUT2D eigenvalue weighted by molar-refractivity contribution is 0.415. The van der Waals surface area contributed by atoms with Gasteiger partial charge in [0.05, 0.1) is 7.11 Å². The molecule has 0 aliphatic carbocycles. The second kappa shape index (κ2) is 5.25. The predicted molar refractivity (Wildman–Crippen MR) is 85.0 cm³/mol. The number of methoxy groups -OCH3 is 1. The zero-order chi connectivity index (χ0) is 13.9. The molecule has 0 unspecified atom stereocenters. The largest absolute Gasteiger partial charge is 0.497 e. The van der Waals surface area contributed by atoms with Crippen LogP contribution in [0.15, 0.2) is 66.7 Å². The summed E-state index contributed by atoms with van der Waals surface area (Å²) < 4.78 is 5.21. The third kappa shape index (κ3) is 2.21. The molecule has 0 saturated heterocycles. The van der Waals surface area contributed by atoms with Crippen LogP contribution < -0.4 is 9.64 Å². The number of fused-ring (bicyclic) bond motifs is 1. The Hall–Kier alpha value is -2.48. The second-order valence-electron chi connectivity index (χ2n) is 4.76. The van der Waals surface area contributed by atoms with E-state index in [2.05, 4.69) is 66.5 Å². The lowest BCUT2D eigenvalue weighted by atomic mass is 10.1. The first kappa shape index (κ1) is 12.5.